The first kappa shape index (κ1) is 30.1. The molecule has 0 bridgehead atoms. The van der Waals surface area contributed by atoms with Crippen molar-refractivity contribution in [3.63, 3.8) is 0 Å². The number of rotatable bonds is 8. The van der Waals surface area contributed by atoms with Gasteiger partial charge in [-0.25, -0.2) is 19.6 Å². The molecule has 5 rings (SSSR count). The Hall–Kier alpha value is -4.35. The van der Waals surface area contributed by atoms with Crippen LogP contribution in [0.2, 0.25) is 5.02 Å². The van der Waals surface area contributed by atoms with Gasteiger partial charge in [0.2, 0.25) is 0 Å². The van der Waals surface area contributed by atoms with E-state index in [1.54, 1.807) is 72.0 Å². The molecule has 0 unspecified atom stereocenters. The largest absolute Gasteiger partial charge is 0.497 e. The molecule has 0 saturated heterocycles. The third-order valence-corrected chi connectivity index (χ3v) is 7.47. The second-order valence-corrected chi connectivity index (χ2v) is 12.0. The standard InChI is InChI=1S/C31H32ClN5O5S/c1-31(2,3)42-30(39)36(15-20-9-10-24(40-4)14-27(20)41-5)28-12-11-26-25(34-28)17-35(16-22-18-43-19-33-22)29(38)37(26)23-8-6-7-21(32)13-23/h6-14,18-19H,15-17H2,1-5H3. The molecule has 12 heteroatoms. The number of hydrogen-bond acceptors (Lipinski definition) is 8. The van der Waals surface area contributed by atoms with Crippen LogP contribution in [0.1, 0.15) is 37.7 Å². The van der Waals surface area contributed by atoms with Crippen LogP contribution in [0.15, 0.2) is 65.5 Å². The number of amides is 3. The maximum atomic E-state index is 13.8. The first-order valence-corrected chi connectivity index (χ1v) is 14.8. The molecule has 0 saturated carbocycles. The number of pyridine rings is 1. The van der Waals surface area contributed by atoms with Crippen LogP contribution in [0.4, 0.5) is 26.8 Å². The first-order valence-electron chi connectivity index (χ1n) is 13.5. The number of benzene rings is 2. The van der Waals surface area contributed by atoms with Gasteiger partial charge in [0.15, 0.2) is 0 Å². The van der Waals surface area contributed by atoms with E-state index >= 15 is 0 Å². The summed E-state index contributed by atoms with van der Waals surface area (Å²) in [6, 6.07) is 15.7. The SMILES string of the molecule is COc1ccc(CN(C(=O)OC(C)(C)C)c2ccc3c(n2)CN(Cc2cscn2)C(=O)N3c2cccc(Cl)c2)c(OC)c1. The van der Waals surface area contributed by atoms with Crippen LogP contribution in [0.3, 0.4) is 0 Å². The van der Waals surface area contributed by atoms with Gasteiger partial charge in [-0.05, 0) is 63.2 Å². The maximum absolute atomic E-state index is 13.8. The monoisotopic (exact) mass is 621 g/mol. The average molecular weight is 622 g/mol. The van der Waals surface area contributed by atoms with Crippen molar-refractivity contribution in [2.24, 2.45) is 0 Å². The van der Waals surface area contributed by atoms with Crippen molar-refractivity contribution in [3.8, 4) is 11.5 Å². The highest BCUT2D eigenvalue weighted by Crippen LogP contribution is 2.37. The molecule has 0 atom stereocenters. The zero-order valence-corrected chi connectivity index (χ0v) is 26.1. The van der Waals surface area contributed by atoms with E-state index in [4.69, 9.17) is 30.8 Å². The van der Waals surface area contributed by atoms with Crippen molar-refractivity contribution in [3.05, 3.63) is 87.5 Å². The number of carbonyl (C=O) groups is 2. The van der Waals surface area contributed by atoms with E-state index in [0.717, 1.165) is 11.3 Å². The van der Waals surface area contributed by atoms with Gasteiger partial charge in [0.25, 0.3) is 0 Å². The zero-order valence-electron chi connectivity index (χ0n) is 24.5. The van der Waals surface area contributed by atoms with E-state index in [1.807, 2.05) is 38.3 Å². The number of fused-ring (bicyclic) bond motifs is 1. The molecule has 0 N–H and O–H groups in total. The fourth-order valence-electron chi connectivity index (χ4n) is 4.65. The van der Waals surface area contributed by atoms with E-state index in [2.05, 4.69) is 4.98 Å². The van der Waals surface area contributed by atoms with Crippen LogP contribution < -0.4 is 19.3 Å². The van der Waals surface area contributed by atoms with Gasteiger partial charge in [0.1, 0.15) is 22.9 Å². The number of thiazole rings is 1. The van der Waals surface area contributed by atoms with Gasteiger partial charge in [0, 0.05) is 22.0 Å². The smallest absolute Gasteiger partial charge is 0.416 e. The Balaban J connectivity index is 1.58. The predicted octanol–water partition coefficient (Wildman–Crippen LogP) is 7.42. The third kappa shape index (κ3) is 6.84. The highest BCUT2D eigenvalue weighted by Gasteiger charge is 2.34. The van der Waals surface area contributed by atoms with Gasteiger partial charge in [-0.1, -0.05) is 17.7 Å². The minimum atomic E-state index is -0.742. The van der Waals surface area contributed by atoms with Gasteiger partial charge in [-0.15, -0.1) is 11.3 Å². The van der Waals surface area contributed by atoms with Crippen LogP contribution in [0.25, 0.3) is 0 Å². The lowest BCUT2D eigenvalue weighted by molar-refractivity contribution is 0.0576. The van der Waals surface area contributed by atoms with E-state index in [-0.39, 0.29) is 19.1 Å². The molecule has 0 spiro atoms. The fraction of sp³-hybridized carbons (Fsp3) is 0.290. The van der Waals surface area contributed by atoms with Crippen LogP contribution >= 0.6 is 22.9 Å². The summed E-state index contributed by atoms with van der Waals surface area (Å²) in [6.07, 6.45) is -0.573. The highest BCUT2D eigenvalue weighted by molar-refractivity contribution is 7.07. The minimum absolute atomic E-state index is 0.118. The molecule has 2 aromatic heterocycles. The molecule has 4 aromatic rings. The molecule has 2 aromatic carbocycles. The molecule has 0 radical (unpaired) electrons. The highest BCUT2D eigenvalue weighted by atomic mass is 35.5. The van der Waals surface area contributed by atoms with Crippen molar-refractivity contribution < 1.29 is 23.8 Å². The molecule has 1 aliphatic heterocycles. The van der Waals surface area contributed by atoms with Gasteiger partial charge < -0.3 is 19.1 Å². The molecular formula is C31H32ClN5O5S. The number of carbonyl (C=O) groups excluding carboxylic acids is 2. The van der Waals surface area contributed by atoms with Gasteiger partial charge in [0.05, 0.1) is 62.1 Å². The third-order valence-electron chi connectivity index (χ3n) is 6.59. The molecule has 1 aliphatic rings. The van der Waals surface area contributed by atoms with Gasteiger partial charge >= 0.3 is 12.1 Å². The molecule has 10 nitrogen and oxygen atoms in total. The molecule has 43 heavy (non-hydrogen) atoms. The van der Waals surface area contributed by atoms with Gasteiger partial charge in [-0.2, -0.15) is 0 Å². The number of anilines is 3. The lowest BCUT2D eigenvalue weighted by atomic mass is 10.1. The Labute approximate surface area is 259 Å². The average Bonchev–Trinajstić information content (AvgIpc) is 3.48. The molecule has 0 fully saturated rings. The lowest BCUT2D eigenvalue weighted by Crippen LogP contribution is -2.45. The Kier molecular flexibility index (Phi) is 8.74. The first-order chi connectivity index (χ1) is 20.6. The number of methoxy groups -OCH3 is 2. The number of hydrogen-bond donors (Lipinski definition) is 0. The van der Waals surface area contributed by atoms with E-state index in [9.17, 15) is 9.59 Å². The molecular weight excluding hydrogens is 590 g/mol. The van der Waals surface area contributed by atoms with Crippen LogP contribution in [0, 0.1) is 0 Å². The summed E-state index contributed by atoms with van der Waals surface area (Å²) in [6.45, 7) is 6.05. The van der Waals surface area contributed by atoms with Crippen LogP contribution in [-0.2, 0) is 24.4 Å². The Morgan fingerprint density at radius 3 is 2.58 bits per heavy atom. The molecule has 3 amide bonds. The van der Waals surface area contributed by atoms with Crippen LogP contribution in [-0.4, -0.2) is 46.8 Å². The number of aromatic nitrogens is 2. The minimum Gasteiger partial charge on any atom is -0.497 e. The van der Waals surface area contributed by atoms with Gasteiger partial charge in [-0.3, -0.25) is 9.80 Å². The Bertz CT molecular complexity index is 1630. The topological polar surface area (TPSA) is 97.3 Å². The molecule has 224 valence electrons. The van der Waals surface area contributed by atoms with E-state index in [0.29, 0.717) is 46.0 Å². The maximum Gasteiger partial charge on any atom is 0.416 e. The summed E-state index contributed by atoms with van der Waals surface area (Å²) < 4.78 is 16.7. The van der Waals surface area contributed by atoms with Crippen molar-refractivity contribution in [1.29, 1.82) is 0 Å². The summed E-state index contributed by atoms with van der Waals surface area (Å²) in [4.78, 5) is 41.4. The number of nitrogens with zero attached hydrogens (tertiary/aromatic N) is 5. The van der Waals surface area contributed by atoms with E-state index in [1.165, 1.54) is 16.2 Å². The van der Waals surface area contributed by atoms with Crippen molar-refractivity contribution in [1.82, 2.24) is 14.9 Å². The fourth-order valence-corrected chi connectivity index (χ4v) is 5.39. The quantitative estimate of drug-likeness (QED) is 0.202. The summed E-state index contributed by atoms with van der Waals surface area (Å²) in [5.41, 5.74) is 4.28. The predicted molar refractivity (Wildman–Crippen MR) is 167 cm³/mol. The lowest BCUT2D eigenvalue weighted by Gasteiger charge is -2.37. The van der Waals surface area contributed by atoms with Crippen LogP contribution in [0.5, 0.6) is 11.5 Å². The second-order valence-electron chi connectivity index (χ2n) is 10.8. The Morgan fingerprint density at radius 2 is 1.91 bits per heavy atom. The molecule has 3 heterocycles. The van der Waals surface area contributed by atoms with E-state index < -0.39 is 11.7 Å². The van der Waals surface area contributed by atoms with Crippen molar-refractivity contribution in [2.45, 2.75) is 46.0 Å². The number of urea groups is 1. The zero-order chi connectivity index (χ0) is 30.7. The van der Waals surface area contributed by atoms with Crippen molar-refractivity contribution in [2.75, 3.05) is 24.0 Å². The number of ether oxygens (including phenoxy) is 3. The number of halogens is 1. The normalized spacial score (nSPS) is 13.0. The summed E-state index contributed by atoms with van der Waals surface area (Å²) >= 11 is 7.78. The second kappa shape index (κ2) is 12.5. The van der Waals surface area contributed by atoms with Crippen molar-refractivity contribution >= 4 is 52.3 Å². The molecule has 0 aliphatic carbocycles. The summed E-state index contributed by atoms with van der Waals surface area (Å²) in [5.74, 6) is 1.54. The summed E-state index contributed by atoms with van der Waals surface area (Å²) in [5, 5.41) is 2.40. The Morgan fingerprint density at radius 1 is 1.09 bits per heavy atom. The summed E-state index contributed by atoms with van der Waals surface area (Å²) in [7, 11) is 3.14.